The standard InChI is InChI=1S/C32H36Cl2N2OS/c1-22-16-23(2)18-26(17-22)31(37)35(3)20-25(24-8-9-28(33)29(34)19-24)10-13-36-14-11-32(12-15-36)21-38-30-7-5-4-6-27(30)32/h4-9,16-19,25H,10-15,20-21H2,1-3H3. The Morgan fingerprint density at radius 3 is 2.42 bits per heavy atom. The second-order valence-corrected chi connectivity index (χ2v) is 13.0. The summed E-state index contributed by atoms with van der Waals surface area (Å²) in [6.45, 7) is 7.93. The van der Waals surface area contributed by atoms with Crippen LogP contribution in [0.4, 0.5) is 0 Å². The number of thioether (sulfide) groups is 1. The molecule has 5 rings (SSSR count). The summed E-state index contributed by atoms with van der Waals surface area (Å²) in [7, 11) is 1.91. The number of carbonyl (C=O) groups excluding carboxylic acids is 1. The Bertz CT molecular complexity index is 1300. The minimum atomic E-state index is 0.0548. The van der Waals surface area contributed by atoms with Gasteiger partial charge in [-0.05, 0) is 94.2 Å². The van der Waals surface area contributed by atoms with Crippen molar-refractivity contribution in [3.05, 3.63) is 98.5 Å². The fraction of sp³-hybridized carbons (Fsp3) is 0.406. The number of hydrogen-bond donors (Lipinski definition) is 0. The Kier molecular flexibility index (Phi) is 8.45. The van der Waals surface area contributed by atoms with E-state index in [0.29, 0.717) is 22.0 Å². The molecule has 3 nitrogen and oxygen atoms in total. The van der Waals surface area contributed by atoms with Crippen molar-refractivity contribution in [2.24, 2.45) is 0 Å². The third-order valence-corrected chi connectivity index (χ3v) is 10.4. The number of rotatable bonds is 7. The molecule has 1 unspecified atom stereocenters. The van der Waals surface area contributed by atoms with E-state index in [1.54, 1.807) is 5.56 Å². The first-order valence-corrected chi connectivity index (χ1v) is 15.2. The Morgan fingerprint density at radius 1 is 1.00 bits per heavy atom. The molecule has 3 aromatic carbocycles. The van der Waals surface area contributed by atoms with Gasteiger partial charge in [-0.25, -0.2) is 0 Å². The summed E-state index contributed by atoms with van der Waals surface area (Å²) < 4.78 is 0. The second-order valence-electron chi connectivity index (χ2n) is 11.1. The molecule has 2 aliphatic rings. The van der Waals surface area contributed by atoms with Crippen LogP contribution < -0.4 is 0 Å². The number of likely N-dealkylation sites (N-methyl/N-ethyl adjacent to an activating group) is 1. The summed E-state index contributed by atoms with van der Waals surface area (Å²) in [5.74, 6) is 1.43. The Balaban J connectivity index is 1.27. The third kappa shape index (κ3) is 5.94. The van der Waals surface area contributed by atoms with Gasteiger partial charge in [-0.3, -0.25) is 4.79 Å². The van der Waals surface area contributed by atoms with E-state index in [1.165, 1.54) is 23.5 Å². The molecule has 2 heterocycles. The van der Waals surface area contributed by atoms with Crippen molar-refractivity contribution in [2.45, 2.75) is 49.3 Å². The average molecular weight is 568 g/mol. The minimum absolute atomic E-state index is 0.0548. The topological polar surface area (TPSA) is 23.6 Å². The SMILES string of the molecule is Cc1cc(C)cc(C(=O)N(C)CC(CCN2CCC3(CC2)CSc2ccccc23)c2ccc(Cl)c(Cl)c2)c1. The van der Waals surface area contributed by atoms with Gasteiger partial charge in [0.1, 0.15) is 0 Å². The van der Waals surface area contributed by atoms with E-state index in [0.717, 1.165) is 48.3 Å². The van der Waals surface area contributed by atoms with Crippen molar-refractivity contribution in [1.82, 2.24) is 9.80 Å². The van der Waals surface area contributed by atoms with Crippen LogP contribution in [-0.2, 0) is 5.41 Å². The molecule has 1 atom stereocenters. The quantitative estimate of drug-likeness (QED) is 0.289. The van der Waals surface area contributed by atoms with E-state index in [1.807, 2.05) is 61.8 Å². The molecule has 0 bridgehead atoms. The fourth-order valence-corrected chi connectivity index (χ4v) is 7.94. The highest BCUT2D eigenvalue weighted by molar-refractivity contribution is 7.99. The van der Waals surface area contributed by atoms with Crippen molar-refractivity contribution >= 4 is 40.9 Å². The molecular weight excluding hydrogens is 531 g/mol. The van der Waals surface area contributed by atoms with E-state index in [2.05, 4.69) is 41.3 Å². The highest BCUT2D eigenvalue weighted by Crippen LogP contribution is 2.49. The first kappa shape index (κ1) is 27.6. The molecule has 0 aromatic heterocycles. The number of piperidine rings is 1. The van der Waals surface area contributed by atoms with Crippen LogP contribution in [0.25, 0.3) is 0 Å². The lowest BCUT2D eigenvalue weighted by atomic mass is 9.74. The number of nitrogens with zero attached hydrogens (tertiary/aromatic N) is 2. The molecule has 6 heteroatoms. The molecule has 0 N–H and O–H groups in total. The molecular formula is C32H36Cl2N2OS. The monoisotopic (exact) mass is 566 g/mol. The summed E-state index contributed by atoms with van der Waals surface area (Å²) in [5, 5.41) is 1.12. The van der Waals surface area contributed by atoms with Gasteiger partial charge in [-0.1, -0.05) is 64.7 Å². The molecule has 200 valence electrons. The van der Waals surface area contributed by atoms with Crippen LogP contribution in [0.5, 0.6) is 0 Å². The molecule has 38 heavy (non-hydrogen) atoms. The Hall–Kier alpha value is -1.98. The number of likely N-dealkylation sites (tertiary alicyclic amines) is 1. The van der Waals surface area contributed by atoms with E-state index in [4.69, 9.17) is 23.2 Å². The van der Waals surface area contributed by atoms with E-state index < -0.39 is 0 Å². The largest absolute Gasteiger partial charge is 0.341 e. The molecule has 1 saturated heterocycles. The maximum absolute atomic E-state index is 13.4. The third-order valence-electron chi connectivity index (χ3n) is 8.29. The number of carbonyl (C=O) groups is 1. The van der Waals surface area contributed by atoms with Crippen LogP contribution in [0.2, 0.25) is 10.0 Å². The van der Waals surface area contributed by atoms with Crippen molar-refractivity contribution < 1.29 is 4.79 Å². The van der Waals surface area contributed by atoms with Crippen LogP contribution in [0, 0.1) is 13.8 Å². The van der Waals surface area contributed by atoms with Crippen LogP contribution in [-0.4, -0.2) is 54.7 Å². The lowest BCUT2D eigenvalue weighted by Gasteiger charge is -2.40. The number of amides is 1. The summed E-state index contributed by atoms with van der Waals surface area (Å²) in [6, 6.07) is 20.9. The van der Waals surface area contributed by atoms with Gasteiger partial charge in [0.05, 0.1) is 10.0 Å². The van der Waals surface area contributed by atoms with Crippen LogP contribution in [0.15, 0.2) is 65.6 Å². The van der Waals surface area contributed by atoms with Crippen molar-refractivity contribution in [3.8, 4) is 0 Å². The van der Waals surface area contributed by atoms with Gasteiger partial charge in [0.15, 0.2) is 0 Å². The lowest BCUT2D eigenvalue weighted by molar-refractivity contribution is 0.0780. The van der Waals surface area contributed by atoms with E-state index in [9.17, 15) is 4.79 Å². The molecule has 1 spiro atoms. The first-order chi connectivity index (χ1) is 18.2. The summed E-state index contributed by atoms with van der Waals surface area (Å²) in [6.07, 6.45) is 3.37. The number of hydrogen-bond acceptors (Lipinski definition) is 3. The van der Waals surface area contributed by atoms with Crippen LogP contribution in [0.3, 0.4) is 0 Å². The highest BCUT2D eigenvalue weighted by Gasteiger charge is 2.41. The predicted octanol–water partition coefficient (Wildman–Crippen LogP) is 8.00. The van der Waals surface area contributed by atoms with Gasteiger partial charge >= 0.3 is 0 Å². The van der Waals surface area contributed by atoms with Crippen molar-refractivity contribution in [1.29, 1.82) is 0 Å². The van der Waals surface area contributed by atoms with Crippen LogP contribution in [0.1, 0.15) is 57.8 Å². The number of aryl methyl sites for hydroxylation is 2. The zero-order chi connectivity index (χ0) is 26.9. The van der Waals surface area contributed by atoms with E-state index >= 15 is 0 Å². The molecule has 1 fully saturated rings. The summed E-state index contributed by atoms with van der Waals surface area (Å²) in [4.78, 5) is 19.3. The van der Waals surface area contributed by atoms with Crippen LogP contribution >= 0.6 is 35.0 Å². The molecule has 3 aromatic rings. The predicted molar refractivity (Wildman–Crippen MR) is 161 cm³/mol. The Morgan fingerprint density at radius 2 is 1.71 bits per heavy atom. The zero-order valence-electron chi connectivity index (χ0n) is 22.5. The lowest BCUT2D eigenvalue weighted by Crippen LogP contribution is -2.43. The van der Waals surface area contributed by atoms with Gasteiger partial charge < -0.3 is 9.80 Å². The number of halogens is 2. The molecule has 1 amide bonds. The number of benzene rings is 3. The van der Waals surface area contributed by atoms with Crippen molar-refractivity contribution in [2.75, 3.05) is 39.0 Å². The van der Waals surface area contributed by atoms with Crippen molar-refractivity contribution in [3.63, 3.8) is 0 Å². The summed E-state index contributed by atoms with van der Waals surface area (Å²) in [5.41, 5.74) is 5.98. The van der Waals surface area contributed by atoms with Gasteiger partial charge in [-0.2, -0.15) is 0 Å². The molecule has 2 aliphatic heterocycles. The van der Waals surface area contributed by atoms with Gasteiger partial charge in [-0.15, -0.1) is 11.8 Å². The zero-order valence-corrected chi connectivity index (χ0v) is 24.8. The molecule has 0 aliphatic carbocycles. The highest BCUT2D eigenvalue weighted by atomic mass is 35.5. The number of fused-ring (bicyclic) bond motifs is 2. The second kappa shape index (κ2) is 11.6. The van der Waals surface area contributed by atoms with Gasteiger partial charge in [0.2, 0.25) is 0 Å². The smallest absolute Gasteiger partial charge is 0.253 e. The van der Waals surface area contributed by atoms with E-state index in [-0.39, 0.29) is 11.8 Å². The minimum Gasteiger partial charge on any atom is -0.341 e. The fourth-order valence-electron chi connectivity index (χ4n) is 6.14. The Labute approximate surface area is 241 Å². The normalized spacial score (nSPS) is 17.4. The molecule has 0 saturated carbocycles. The first-order valence-electron chi connectivity index (χ1n) is 13.5. The van der Waals surface area contributed by atoms with Gasteiger partial charge in [0.25, 0.3) is 5.91 Å². The maximum Gasteiger partial charge on any atom is 0.253 e. The average Bonchev–Trinajstić information content (AvgIpc) is 3.26. The molecule has 0 radical (unpaired) electrons. The maximum atomic E-state index is 13.4. The van der Waals surface area contributed by atoms with Gasteiger partial charge in [0, 0.05) is 41.1 Å². The summed E-state index contributed by atoms with van der Waals surface area (Å²) >= 11 is 14.7.